The summed E-state index contributed by atoms with van der Waals surface area (Å²) in [5.41, 5.74) is -0.773. The van der Waals surface area contributed by atoms with E-state index in [1.54, 1.807) is 0 Å². The van der Waals surface area contributed by atoms with Gasteiger partial charge in [0.15, 0.2) is 0 Å². The number of hydrogen-bond acceptors (Lipinski definition) is 6. The standard InChI is InChI=1S/C31H52N6O4/c1-22(2)36-18-17-35-21-25(36)29(41)34-13-8-23(9-14-34)37-12-6-7-24(37)28(40)32-31(20-27(35)39)10-15-33(16-11-31)26(38)19-30(3,4)5/h22-25H,6-21H2,1-5H3,(H,32,40)/t24-,25+/m0/s1. The van der Waals surface area contributed by atoms with E-state index in [-0.39, 0.29) is 53.6 Å². The molecule has 6 aliphatic rings. The molecule has 6 saturated heterocycles. The molecule has 6 heterocycles. The highest BCUT2D eigenvalue weighted by molar-refractivity contribution is 5.86. The Morgan fingerprint density at radius 1 is 0.902 bits per heavy atom. The predicted octanol–water partition coefficient (Wildman–Crippen LogP) is 1.68. The van der Waals surface area contributed by atoms with E-state index in [1.807, 2.05) is 14.7 Å². The monoisotopic (exact) mass is 572 g/mol. The van der Waals surface area contributed by atoms with E-state index >= 15 is 0 Å². The Hall–Kier alpha value is -2.20. The zero-order valence-electron chi connectivity index (χ0n) is 26.0. The minimum absolute atomic E-state index is 0.00146. The van der Waals surface area contributed by atoms with Gasteiger partial charge in [0.25, 0.3) is 0 Å². The average Bonchev–Trinajstić information content (AvgIpc) is 3.41. The normalized spacial score (nSPS) is 29.1. The lowest BCUT2D eigenvalue weighted by atomic mass is 9.82. The highest BCUT2D eigenvalue weighted by Gasteiger charge is 2.46. The highest BCUT2D eigenvalue weighted by atomic mass is 16.2. The Morgan fingerprint density at radius 2 is 1.59 bits per heavy atom. The van der Waals surface area contributed by atoms with Crippen LogP contribution in [-0.4, -0.2) is 130 Å². The second-order valence-electron chi connectivity index (χ2n) is 14.7. The maximum absolute atomic E-state index is 14.0. The lowest BCUT2D eigenvalue weighted by molar-refractivity contribution is -0.146. The van der Waals surface area contributed by atoms with Crippen LogP contribution in [-0.2, 0) is 19.2 Å². The molecule has 2 atom stereocenters. The number of nitrogens with zero attached hydrogens (tertiary/aromatic N) is 5. The van der Waals surface area contributed by atoms with Gasteiger partial charge in [0.1, 0.15) is 6.04 Å². The number of likely N-dealkylation sites (tertiary alicyclic amines) is 1. The fourth-order valence-electron chi connectivity index (χ4n) is 7.84. The highest BCUT2D eigenvalue weighted by Crippen LogP contribution is 2.33. The van der Waals surface area contributed by atoms with Crippen molar-refractivity contribution in [3.8, 4) is 0 Å². The van der Waals surface area contributed by atoms with Gasteiger partial charge in [-0.15, -0.1) is 0 Å². The molecule has 10 nitrogen and oxygen atoms in total. The van der Waals surface area contributed by atoms with Crippen LogP contribution >= 0.6 is 0 Å². The van der Waals surface area contributed by atoms with E-state index in [0.29, 0.717) is 71.1 Å². The number of carbonyl (C=O) groups is 4. The van der Waals surface area contributed by atoms with Crippen molar-refractivity contribution in [2.24, 2.45) is 5.41 Å². The van der Waals surface area contributed by atoms with Crippen LogP contribution in [0.3, 0.4) is 0 Å². The molecule has 4 bridgehead atoms. The first-order chi connectivity index (χ1) is 19.4. The molecule has 10 heteroatoms. The summed E-state index contributed by atoms with van der Waals surface area (Å²) in [5, 5.41) is 3.42. The van der Waals surface area contributed by atoms with Gasteiger partial charge in [0.2, 0.25) is 23.6 Å². The van der Waals surface area contributed by atoms with Gasteiger partial charge in [0, 0.05) is 64.3 Å². The van der Waals surface area contributed by atoms with Crippen molar-refractivity contribution in [3.05, 3.63) is 0 Å². The number of piperidine rings is 2. The third-order valence-electron chi connectivity index (χ3n) is 10.2. The second kappa shape index (κ2) is 11.8. The summed E-state index contributed by atoms with van der Waals surface area (Å²) in [5.74, 6) is 0.303. The Labute approximate surface area is 246 Å². The van der Waals surface area contributed by atoms with Crippen LogP contribution in [0.5, 0.6) is 0 Å². The summed E-state index contributed by atoms with van der Waals surface area (Å²) in [7, 11) is 0. The minimum atomic E-state index is -0.683. The van der Waals surface area contributed by atoms with Crippen molar-refractivity contribution in [2.75, 3.05) is 52.4 Å². The van der Waals surface area contributed by atoms with Crippen LogP contribution in [0.1, 0.15) is 86.0 Å². The largest absolute Gasteiger partial charge is 0.349 e. The van der Waals surface area contributed by atoms with Crippen LogP contribution in [0, 0.1) is 5.41 Å². The van der Waals surface area contributed by atoms with Gasteiger partial charge < -0.3 is 20.0 Å². The summed E-state index contributed by atoms with van der Waals surface area (Å²) < 4.78 is 0. The number of rotatable bonds is 2. The Bertz CT molecular complexity index is 1010. The molecular formula is C31H52N6O4. The van der Waals surface area contributed by atoms with E-state index in [2.05, 4.69) is 49.7 Å². The summed E-state index contributed by atoms with van der Waals surface area (Å²) in [6, 6.07) is -0.0279. The lowest BCUT2D eigenvalue weighted by Crippen LogP contribution is -2.64. The predicted molar refractivity (Wildman–Crippen MR) is 157 cm³/mol. The molecule has 0 saturated carbocycles. The number of nitrogens with one attached hydrogen (secondary N) is 1. The van der Waals surface area contributed by atoms with Crippen molar-refractivity contribution in [2.45, 2.75) is 116 Å². The molecule has 230 valence electrons. The van der Waals surface area contributed by atoms with Crippen molar-refractivity contribution in [1.82, 2.24) is 29.8 Å². The summed E-state index contributed by atoms with van der Waals surface area (Å²) in [4.78, 5) is 65.2. The fraction of sp³-hybridized carbons (Fsp3) is 0.871. The molecule has 6 fully saturated rings. The molecule has 1 spiro atoms. The molecule has 0 aliphatic carbocycles. The third-order valence-corrected chi connectivity index (χ3v) is 10.2. The molecule has 0 aromatic rings. The lowest BCUT2D eigenvalue weighted by Gasteiger charge is -2.46. The quantitative estimate of drug-likeness (QED) is 0.541. The Balaban J connectivity index is 1.41. The Kier molecular flexibility index (Phi) is 8.73. The van der Waals surface area contributed by atoms with Gasteiger partial charge in [-0.1, -0.05) is 20.8 Å². The van der Waals surface area contributed by atoms with Gasteiger partial charge in [0.05, 0.1) is 18.0 Å². The zero-order valence-corrected chi connectivity index (χ0v) is 26.0. The van der Waals surface area contributed by atoms with Crippen LogP contribution in [0.4, 0.5) is 0 Å². The molecule has 0 aromatic heterocycles. The molecule has 0 unspecified atom stereocenters. The number of piperazine rings is 1. The Morgan fingerprint density at radius 3 is 2.22 bits per heavy atom. The number of fused-ring (bicyclic) bond motifs is 4. The molecule has 6 aliphatic heterocycles. The van der Waals surface area contributed by atoms with Crippen LogP contribution in [0.15, 0.2) is 0 Å². The van der Waals surface area contributed by atoms with E-state index in [9.17, 15) is 19.2 Å². The SMILES string of the molecule is CC(C)N1CCN2C[C@@H]1C(=O)N1CCC(CC1)N1CCC[C@H]1C(=O)NC1(CCN(C(=O)CC(C)(C)C)CC1)CC2=O. The molecule has 6 rings (SSSR count). The van der Waals surface area contributed by atoms with E-state index < -0.39 is 5.54 Å². The van der Waals surface area contributed by atoms with Gasteiger partial charge in [-0.2, -0.15) is 0 Å². The summed E-state index contributed by atoms with van der Waals surface area (Å²) in [6.07, 6.45) is 5.39. The van der Waals surface area contributed by atoms with E-state index in [4.69, 9.17) is 0 Å². The van der Waals surface area contributed by atoms with Gasteiger partial charge in [-0.25, -0.2) is 0 Å². The summed E-state index contributed by atoms with van der Waals surface area (Å²) in [6.45, 7) is 15.5. The topological polar surface area (TPSA) is 96.5 Å². The van der Waals surface area contributed by atoms with Gasteiger partial charge >= 0.3 is 0 Å². The molecule has 0 aromatic carbocycles. The van der Waals surface area contributed by atoms with Crippen molar-refractivity contribution < 1.29 is 19.2 Å². The number of hydrogen-bond donors (Lipinski definition) is 1. The molecule has 0 radical (unpaired) electrons. The van der Waals surface area contributed by atoms with Crippen LogP contribution in [0.25, 0.3) is 0 Å². The first-order valence-electron chi connectivity index (χ1n) is 16.0. The van der Waals surface area contributed by atoms with Crippen LogP contribution in [0.2, 0.25) is 0 Å². The molecular weight excluding hydrogens is 520 g/mol. The third kappa shape index (κ3) is 6.58. The number of amides is 4. The van der Waals surface area contributed by atoms with Gasteiger partial charge in [-0.3, -0.25) is 29.0 Å². The van der Waals surface area contributed by atoms with Gasteiger partial charge in [-0.05, 0) is 64.3 Å². The summed E-state index contributed by atoms with van der Waals surface area (Å²) >= 11 is 0. The minimum Gasteiger partial charge on any atom is -0.349 e. The molecule has 1 N–H and O–H groups in total. The zero-order chi connectivity index (χ0) is 29.5. The van der Waals surface area contributed by atoms with E-state index in [0.717, 1.165) is 32.2 Å². The smallest absolute Gasteiger partial charge is 0.241 e. The first-order valence-corrected chi connectivity index (χ1v) is 16.0. The van der Waals surface area contributed by atoms with Crippen LogP contribution < -0.4 is 5.32 Å². The first kappa shape index (κ1) is 30.3. The molecule has 4 amide bonds. The van der Waals surface area contributed by atoms with Crippen molar-refractivity contribution in [3.63, 3.8) is 0 Å². The maximum atomic E-state index is 14.0. The second-order valence-corrected chi connectivity index (χ2v) is 14.7. The number of carbonyl (C=O) groups excluding carboxylic acids is 4. The maximum Gasteiger partial charge on any atom is 0.241 e. The van der Waals surface area contributed by atoms with E-state index in [1.165, 1.54) is 0 Å². The van der Waals surface area contributed by atoms with Crippen molar-refractivity contribution >= 4 is 23.6 Å². The fourth-order valence-corrected chi connectivity index (χ4v) is 7.84. The average molecular weight is 573 g/mol. The van der Waals surface area contributed by atoms with Crippen molar-refractivity contribution in [1.29, 1.82) is 0 Å². The molecule has 41 heavy (non-hydrogen) atoms.